The van der Waals surface area contributed by atoms with E-state index in [9.17, 15) is 5.11 Å². The second kappa shape index (κ2) is 5.72. The Morgan fingerprint density at radius 1 is 1.44 bits per heavy atom. The zero-order chi connectivity index (χ0) is 13.0. The van der Waals surface area contributed by atoms with E-state index in [1.54, 1.807) is 0 Å². The van der Waals surface area contributed by atoms with E-state index in [1.165, 1.54) is 11.3 Å². The van der Waals surface area contributed by atoms with Gasteiger partial charge in [0, 0.05) is 31.3 Å². The van der Waals surface area contributed by atoms with E-state index in [-0.39, 0.29) is 12.0 Å². The molecule has 100 valence electrons. The summed E-state index contributed by atoms with van der Waals surface area (Å²) in [5, 5.41) is 9.69. The van der Waals surface area contributed by atoms with Gasteiger partial charge in [-0.1, -0.05) is 12.1 Å². The molecule has 1 saturated heterocycles. The van der Waals surface area contributed by atoms with Crippen molar-refractivity contribution in [1.82, 2.24) is 0 Å². The van der Waals surface area contributed by atoms with E-state index in [2.05, 4.69) is 43.1 Å². The lowest BCUT2D eigenvalue weighted by atomic mass is 9.83. The molecule has 2 rings (SSSR count). The number of anilines is 1. The van der Waals surface area contributed by atoms with Crippen molar-refractivity contribution < 1.29 is 9.84 Å². The normalized spacial score (nSPS) is 23.9. The smallest absolute Gasteiger partial charge is 0.0561 e. The van der Waals surface area contributed by atoms with Crippen LogP contribution in [0.25, 0.3) is 0 Å². The molecule has 1 heterocycles. The summed E-state index contributed by atoms with van der Waals surface area (Å²) in [6.45, 7) is 4.63. The molecule has 0 radical (unpaired) electrons. The van der Waals surface area contributed by atoms with Crippen LogP contribution in [0.3, 0.4) is 0 Å². The number of nitrogens with zero attached hydrogens (tertiary/aromatic N) is 1. The van der Waals surface area contributed by atoms with E-state index in [4.69, 9.17) is 4.74 Å². The predicted octanol–water partition coefficient (Wildman–Crippen LogP) is 2.22. The molecule has 1 N–H and O–H groups in total. The number of aliphatic hydroxyl groups is 1. The third kappa shape index (κ3) is 3.03. The van der Waals surface area contributed by atoms with Crippen molar-refractivity contribution in [3.63, 3.8) is 0 Å². The summed E-state index contributed by atoms with van der Waals surface area (Å²) in [6, 6.07) is 8.46. The summed E-state index contributed by atoms with van der Waals surface area (Å²) in [5.74, 6) is 0. The molecule has 0 spiro atoms. The minimum atomic E-state index is -0.100. The topological polar surface area (TPSA) is 32.7 Å². The van der Waals surface area contributed by atoms with Crippen LogP contribution >= 0.6 is 0 Å². The molecule has 1 fully saturated rings. The number of hydrogen-bond donors (Lipinski definition) is 1. The monoisotopic (exact) mass is 249 g/mol. The Morgan fingerprint density at radius 3 is 2.89 bits per heavy atom. The number of rotatable bonds is 4. The Bertz CT molecular complexity index is 386. The first-order valence-corrected chi connectivity index (χ1v) is 6.62. The maximum atomic E-state index is 9.69. The minimum absolute atomic E-state index is 0.100. The van der Waals surface area contributed by atoms with Crippen LogP contribution in [0.5, 0.6) is 0 Å². The number of hydrogen-bond acceptors (Lipinski definition) is 3. The van der Waals surface area contributed by atoms with Gasteiger partial charge in [0.25, 0.3) is 0 Å². The van der Waals surface area contributed by atoms with Gasteiger partial charge in [-0.15, -0.1) is 0 Å². The zero-order valence-electron chi connectivity index (χ0n) is 11.4. The van der Waals surface area contributed by atoms with Crippen LogP contribution in [-0.4, -0.2) is 38.5 Å². The van der Waals surface area contributed by atoms with E-state index >= 15 is 0 Å². The molecule has 0 aromatic heterocycles. The summed E-state index contributed by atoms with van der Waals surface area (Å²) < 4.78 is 5.55. The standard InChI is InChI=1S/C15H23NO2/c1-13-5-3-6-14(9-13)16(2)10-15(11-17)7-4-8-18-12-15/h3,5-6,9,17H,4,7-8,10-12H2,1-2H3. The maximum absolute atomic E-state index is 9.69. The molecular formula is C15H23NO2. The Balaban J connectivity index is 2.07. The molecule has 1 aliphatic heterocycles. The summed E-state index contributed by atoms with van der Waals surface area (Å²) in [7, 11) is 2.08. The summed E-state index contributed by atoms with van der Waals surface area (Å²) in [4.78, 5) is 2.22. The van der Waals surface area contributed by atoms with Gasteiger partial charge in [0.2, 0.25) is 0 Å². The molecule has 3 heteroatoms. The first-order valence-electron chi connectivity index (χ1n) is 6.62. The van der Waals surface area contributed by atoms with Crippen LogP contribution in [0, 0.1) is 12.3 Å². The molecule has 1 aromatic carbocycles. The minimum Gasteiger partial charge on any atom is -0.396 e. The largest absolute Gasteiger partial charge is 0.396 e. The van der Waals surface area contributed by atoms with Crippen LogP contribution in [0.1, 0.15) is 18.4 Å². The van der Waals surface area contributed by atoms with Gasteiger partial charge >= 0.3 is 0 Å². The van der Waals surface area contributed by atoms with Crippen LogP contribution in [0.2, 0.25) is 0 Å². The Hall–Kier alpha value is -1.06. The fourth-order valence-electron chi connectivity index (χ4n) is 2.67. The third-order valence-electron chi connectivity index (χ3n) is 3.75. The van der Waals surface area contributed by atoms with Crippen molar-refractivity contribution in [1.29, 1.82) is 0 Å². The van der Waals surface area contributed by atoms with Crippen molar-refractivity contribution >= 4 is 5.69 Å². The molecule has 1 unspecified atom stereocenters. The van der Waals surface area contributed by atoms with Gasteiger partial charge in [-0.25, -0.2) is 0 Å². The first kappa shape index (κ1) is 13.4. The molecule has 0 bridgehead atoms. The molecule has 1 atom stereocenters. The average Bonchev–Trinajstić information content (AvgIpc) is 2.40. The molecule has 3 nitrogen and oxygen atoms in total. The highest BCUT2D eigenvalue weighted by Gasteiger charge is 2.33. The van der Waals surface area contributed by atoms with Crippen molar-refractivity contribution in [3.05, 3.63) is 29.8 Å². The Kier molecular flexibility index (Phi) is 4.25. The number of aryl methyl sites for hydroxylation is 1. The molecule has 18 heavy (non-hydrogen) atoms. The molecule has 1 aromatic rings. The highest BCUT2D eigenvalue weighted by Crippen LogP contribution is 2.30. The fourth-order valence-corrected chi connectivity index (χ4v) is 2.67. The highest BCUT2D eigenvalue weighted by molar-refractivity contribution is 5.47. The lowest BCUT2D eigenvalue weighted by molar-refractivity contribution is -0.0331. The number of benzene rings is 1. The quantitative estimate of drug-likeness (QED) is 0.888. The molecular weight excluding hydrogens is 226 g/mol. The van der Waals surface area contributed by atoms with Crippen LogP contribution < -0.4 is 4.90 Å². The summed E-state index contributed by atoms with van der Waals surface area (Å²) in [6.07, 6.45) is 2.09. The van der Waals surface area contributed by atoms with Gasteiger partial charge < -0.3 is 14.7 Å². The Labute approximate surface area is 109 Å². The second-order valence-electron chi connectivity index (χ2n) is 5.51. The molecule has 0 saturated carbocycles. The van der Waals surface area contributed by atoms with Crippen molar-refractivity contribution in [2.24, 2.45) is 5.41 Å². The molecule has 0 aliphatic carbocycles. The van der Waals surface area contributed by atoms with E-state index < -0.39 is 0 Å². The van der Waals surface area contributed by atoms with E-state index in [1.807, 2.05) is 0 Å². The third-order valence-corrected chi connectivity index (χ3v) is 3.75. The van der Waals surface area contributed by atoms with Gasteiger partial charge in [-0.05, 0) is 37.5 Å². The summed E-state index contributed by atoms with van der Waals surface area (Å²) >= 11 is 0. The van der Waals surface area contributed by atoms with Gasteiger partial charge in [0.1, 0.15) is 0 Å². The lowest BCUT2D eigenvalue weighted by Crippen LogP contribution is -2.44. The van der Waals surface area contributed by atoms with Gasteiger partial charge in [0.05, 0.1) is 13.2 Å². The number of aliphatic hydroxyl groups excluding tert-OH is 1. The van der Waals surface area contributed by atoms with Gasteiger partial charge in [-0.3, -0.25) is 0 Å². The average molecular weight is 249 g/mol. The lowest BCUT2D eigenvalue weighted by Gasteiger charge is -2.39. The highest BCUT2D eigenvalue weighted by atomic mass is 16.5. The van der Waals surface area contributed by atoms with Crippen molar-refractivity contribution in [2.75, 3.05) is 38.3 Å². The second-order valence-corrected chi connectivity index (χ2v) is 5.51. The first-order chi connectivity index (χ1) is 8.65. The van der Waals surface area contributed by atoms with Crippen LogP contribution in [0.4, 0.5) is 5.69 Å². The maximum Gasteiger partial charge on any atom is 0.0561 e. The van der Waals surface area contributed by atoms with Gasteiger partial charge in [-0.2, -0.15) is 0 Å². The fraction of sp³-hybridized carbons (Fsp3) is 0.600. The van der Waals surface area contributed by atoms with Gasteiger partial charge in [0.15, 0.2) is 0 Å². The van der Waals surface area contributed by atoms with Crippen LogP contribution in [-0.2, 0) is 4.74 Å². The predicted molar refractivity (Wildman–Crippen MR) is 74.0 cm³/mol. The van der Waals surface area contributed by atoms with Crippen molar-refractivity contribution in [2.45, 2.75) is 19.8 Å². The zero-order valence-corrected chi connectivity index (χ0v) is 11.4. The Morgan fingerprint density at radius 2 is 2.28 bits per heavy atom. The molecule has 1 aliphatic rings. The SMILES string of the molecule is Cc1cccc(N(C)CC2(CO)CCCOC2)c1. The van der Waals surface area contributed by atoms with E-state index in [0.717, 1.165) is 26.0 Å². The van der Waals surface area contributed by atoms with E-state index in [0.29, 0.717) is 6.61 Å². The summed E-state index contributed by atoms with van der Waals surface area (Å²) in [5.41, 5.74) is 2.36. The molecule has 0 amide bonds. The van der Waals surface area contributed by atoms with Crippen LogP contribution in [0.15, 0.2) is 24.3 Å². The number of ether oxygens (including phenoxy) is 1. The van der Waals surface area contributed by atoms with Crippen molar-refractivity contribution in [3.8, 4) is 0 Å².